The number of fused-ring (bicyclic) bond motifs is 1. The SMILES string of the molecule is O=C(c1cc(-c2ccccc2)n[nH]1)N1CCC(n2c([C@@H]3CCCO3)nc3cccnc32)CC1. The monoisotopic (exact) mass is 442 g/mol. The van der Waals surface area contributed by atoms with Crippen molar-refractivity contribution < 1.29 is 9.53 Å². The number of carbonyl (C=O) groups excluding carboxylic acids is 1. The minimum Gasteiger partial charge on any atom is -0.370 e. The summed E-state index contributed by atoms with van der Waals surface area (Å²) in [5.74, 6) is 0.975. The van der Waals surface area contributed by atoms with E-state index in [-0.39, 0.29) is 18.1 Å². The number of H-pyrrole nitrogens is 1. The van der Waals surface area contributed by atoms with E-state index in [9.17, 15) is 4.79 Å². The number of hydrogen-bond donors (Lipinski definition) is 1. The van der Waals surface area contributed by atoms with Crippen LogP contribution in [0.1, 0.15) is 54.1 Å². The van der Waals surface area contributed by atoms with Crippen molar-refractivity contribution in [2.45, 2.75) is 37.8 Å². The summed E-state index contributed by atoms with van der Waals surface area (Å²) in [5, 5.41) is 7.27. The molecule has 8 nitrogen and oxygen atoms in total. The Labute approximate surface area is 191 Å². The number of amides is 1. The van der Waals surface area contributed by atoms with Crippen LogP contribution in [0.3, 0.4) is 0 Å². The van der Waals surface area contributed by atoms with Crippen LogP contribution >= 0.6 is 0 Å². The molecule has 3 aromatic heterocycles. The summed E-state index contributed by atoms with van der Waals surface area (Å²) in [6.07, 6.45) is 5.61. The third-order valence-electron chi connectivity index (χ3n) is 6.69. The van der Waals surface area contributed by atoms with Crippen LogP contribution in [0.2, 0.25) is 0 Å². The first-order valence-corrected chi connectivity index (χ1v) is 11.6. The molecule has 0 spiro atoms. The molecule has 0 saturated carbocycles. The molecule has 0 radical (unpaired) electrons. The molecule has 4 aromatic rings. The molecular weight excluding hydrogens is 416 g/mol. The van der Waals surface area contributed by atoms with Crippen LogP contribution in [0.15, 0.2) is 54.7 Å². The van der Waals surface area contributed by atoms with Gasteiger partial charge in [0.25, 0.3) is 5.91 Å². The number of benzene rings is 1. The number of ether oxygens (including phenoxy) is 1. The van der Waals surface area contributed by atoms with Crippen molar-refractivity contribution in [3.05, 3.63) is 66.2 Å². The molecule has 2 saturated heterocycles. The Morgan fingerprint density at radius 1 is 1.06 bits per heavy atom. The predicted octanol–water partition coefficient (Wildman–Crippen LogP) is 4.15. The molecule has 0 aliphatic carbocycles. The van der Waals surface area contributed by atoms with E-state index in [1.54, 1.807) is 0 Å². The molecule has 6 rings (SSSR count). The summed E-state index contributed by atoms with van der Waals surface area (Å²) >= 11 is 0. The largest absolute Gasteiger partial charge is 0.370 e. The zero-order valence-electron chi connectivity index (χ0n) is 18.4. The van der Waals surface area contributed by atoms with E-state index in [4.69, 9.17) is 9.72 Å². The maximum Gasteiger partial charge on any atom is 0.271 e. The number of pyridine rings is 1. The van der Waals surface area contributed by atoms with Crippen LogP contribution in [0.5, 0.6) is 0 Å². The van der Waals surface area contributed by atoms with Crippen LogP contribution in [0, 0.1) is 0 Å². The lowest BCUT2D eigenvalue weighted by Crippen LogP contribution is -2.39. The van der Waals surface area contributed by atoms with Gasteiger partial charge >= 0.3 is 0 Å². The summed E-state index contributed by atoms with van der Waals surface area (Å²) < 4.78 is 8.24. The summed E-state index contributed by atoms with van der Waals surface area (Å²) in [7, 11) is 0. The average Bonchev–Trinajstić information content (AvgIpc) is 3.64. The Hall–Kier alpha value is -3.52. The number of hydrogen-bond acceptors (Lipinski definition) is 5. The maximum absolute atomic E-state index is 13.1. The fourth-order valence-corrected chi connectivity index (χ4v) is 5.00. The molecule has 2 fully saturated rings. The zero-order valence-corrected chi connectivity index (χ0v) is 18.4. The van der Waals surface area contributed by atoms with Crippen molar-refractivity contribution in [1.29, 1.82) is 0 Å². The normalized spacial score (nSPS) is 19.4. The number of nitrogens with one attached hydrogen (secondary N) is 1. The lowest BCUT2D eigenvalue weighted by Gasteiger charge is -2.33. The molecule has 33 heavy (non-hydrogen) atoms. The summed E-state index contributed by atoms with van der Waals surface area (Å²) in [6.45, 7) is 2.14. The molecule has 5 heterocycles. The van der Waals surface area contributed by atoms with Gasteiger partial charge in [0.2, 0.25) is 0 Å². The molecule has 0 unspecified atom stereocenters. The smallest absolute Gasteiger partial charge is 0.271 e. The lowest BCUT2D eigenvalue weighted by atomic mass is 10.0. The fraction of sp³-hybridized carbons (Fsp3) is 0.360. The Bertz CT molecular complexity index is 1270. The zero-order chi connectivity index (χ0) is 22.2. The minimum absolute atomic E-state index is 0.00362. The van der Waals surface area contributed by atoms with Gasteiger partial charge in [0.05, 0.1) is 5.69 Å². The van der Waals surface area contributed by atoms with Crippen LogP contribution in [-0.2, 0) is 4.74 Å². The summed E-state index contributed by atoms with van der Waals surface area (Å²) in [4.78, 5) is 24.6. The molecule has 1 amide bonds. The highest BCUT2D eigenvalue weighted by Crippen LogP contribution is 2.35. The number of imidazole rings is 1. The molecule has 1 atom stereocenters. The third-order valence-corrected chi connectivity index (χ3v) is 6.69. The van der Waals surface area contributed by atoms with Crippen LogP contribution in [0.4, 0.5) is 0 Å². The van der Waals surface area contributed by atoms with E-state index in [1.807, 2.05) is 59.6 Å². The molecule has 0 bridgehead atoms. The Kier molecular flexibility index (Phi) is 5.14. The first-order chi connectivity index (χ1) is 16.3. The number of nitrogens with zero attached hydrogens (tertiary/aromatic N) is 5. The van der Waals surface area contributed by atoms with Crippen molar-refractivity contribution >= 4 is 17.1 Å². The van der Waals surface area contributed by atoms with Crippen molar-refractivity contribution in [3.8, 4) is 11.3 Å². The quantitative estimate of drug-likeness (QED) is 0.513. The first kappa shape index (κ1) is 20.1. The van der Waals surface area contributed by atoms with Crippen LogP contribution in [-0.4, -0.2) is 55.2 Å². The van der Waals surface area contributed by atoms with Gasteiger partial charge in [0.15, 0.2) is 5.65 Å². The minimum atomic E-state index is -0.00362. The molecule has 1 aromatic carbocycles. The highest BCUT2D eigenvalue weighted by molar-refractivity contribution is 5.93. The topological polar surface area (TPSA) is 88.9 Å². The number of piperidine rings is 1. The van der Waals surface area contributed by atoms with E-state index >= 15 is 0 Å². The van der Waals surface area contributed by atoms with Gasteiger partial charge in [-0.15, -0.1) is 0 Å². The third kappa shape index (κ3) is 3.70. The molecule has 2 aliphatic heterocycles. The number of aromatic amines is 1. The standard InChI is InChI=1S/C25H26N6O2/c32-25(21-16-20(28-29-21)17-6-2-1-3-7-17)30-13-10-18(11-14-30)31-23-19(8-4-12-26-23)27-24(31)22-9-5-15-33-22/h1-4,6-8,12,16,18,22H,5,9-11,13-15H2,(H,28,29)/t22-/m0/s1. The predicted molar refractivity (Wildman–Crippen MR) is 124 cm³/mol. The molecule has 168 valence electrons. The van der Waals surface area contributed by atoms with E-state index in [2.05, 4.69) is 19.7 Å². The van der Waals surface area contributed by atoms with Crippen molar-refractivity contribution in [1.82, 2.24) is 29.6 Å². The fourth-order valence-electron chi connectivity index (χ4n) is 5.00. The van der Waals surface area contributed by atoms with Crippen LogP contribution < -0.4 is 0 Å². The highest BCUT2D eigenvalue weighted by atomic mass is 16.5. The van der Waals surface area contributed by atoms with Crippen LogP contribution in [0.25, 0.3) is 22.4 Å². The number of aromatic nitrogens is 5. The van der Waals surface area contributed by atoms with Gasteiger partial charge in [-0.05, 0) is 43.9 Å². The second kappa shape index (κ2) is 8.44. The Balaban J connectivity index is 1.20. The van der Waals surface area contributed by atoms with Gasteiger partial charge in [-0.3, -0.25) is 9.89 Å². The van der Waals surface area contributed by atoms with E-state index in [0.29, 0.717) is 18.8 Å². The molecule has 1 N–H and O–H groups in total. The van der Waals surface area contributed by atoms with Gasteiger partial charge < -0.3 is 14.2 Å². The molecule has 8 heteroatoms. The van der Waals surface area contributed by atoms with E-state index in [0.717, 1.165) is 60.5 Å². The van der Waals surface area contributed by atoms with Gasteiger partial charge in [0, 0.05) is 37.5 Å². The highest BCUT2D eigenvalue weighted by Gasteiger charge is 2.32. The Morgan fingerprint density at radius 2 is 1.91 bits per heavy atom. The van der Waals surface area contributed by atoms with Crippen molar-refractivity contribution in [2.75, 3.05) is 19.7 Å². The average molecular weight is 443 g/mol. The van der Waals surface area contributed by atoms with Crippen molar-refractivity contribution in [3.63, 3.8) is 0 Å². The van der Waals surface area contributed by atoms with Gasteiger partial charge in [-0.2, -0.15) is 5.10 Å². The van der Waals surface area contributed by atoms with Crippen molar-refractivity contribution in [2.24, 2.45) is 0 Å². The van der Waals surface area contributed by atoms with E-state index < -0.39 is 0 Å². The van der Waals surface area contributed by atoms with Gasteiger partial charge in [-0.25, -0.2) is 9.97 Å². The number of carbonyl (C=O) groups is 1. The maximum atomic E-state index is 13.1. The van der Waals surface area contributed by atoms with E-state index in [1.165, 1.54) is 0 Å². The first-order valence-electron chi connectivity index (χ1n) is 11.6. The molecule has 2 aliphatic rings. The number of rotatable bonds is 4. The second-order valence-corrected chi connectivity index (χ2v) is 8.74. The Morgan fingerprint density at radius 3 is 2.70 bits per heavy atom. The lowest BCUT2D eigenvalue weighted by molar-refractivity contribution is 0.0676. The number of likely N-dealkylation sites (tertiary alicyclic amines) is 1. The second-order valence-electron chi connectivity index (χ2n) is 8.74. The van der Waals surface area contributed by atoms with Gasteiger partial charge in [-0.1, -0.05) is 30.3 Å². The summed E-state index contributed by atoms with van der Waals surface area (Å²) in [5.41, 5.74) is 4.13. The summed E-state index contributed by atoms with van der Waals surface area (Å²) in [6, 6.07) is 15.9. The molecular formula is C25H26N6O2. The van der Waals surface area contributed by atoms with Gasteiger partial charge in [0.1, 0.15) is 23.1 Å².